The molecular weight excluding hydrogens is 368 g/mol. The van der Waals surface area contributed by atoms with Crippen LogP contribution in [-0.4, -0.2) is 20.4 Å². The number of imidazole rings is 1. The van der Waals surface area contributed by atoms with Crippen molar-refractivity contribution in [2.24, 2.45) is 0 Å². The molecule has 148 valence electrons. The standard InChI is InChI=1S/C22H28N4OS/c1-5-6-10-19-24-16(4)20(28-19)22(27)25-18-9-7-8-17(13-18)14-26-12-11-23-21(26)15(2)3/h7-9,11-13,15H,5-6,10,14H2,1-4H3,(H,25,27). The van der Waals surface area contributed by atoms with Crippen LogP contribution in [0.25, 0.3) is 0 Å². The number of aromatic nitrogens is 3. The number of anilines is 1. The zero-order chi connectivity index (χ0) is 20.1. The van der Waals surface area contributed by atoms with E-state index < -0.39 is 0 Å². The Kier molecular flexibility index (Phi) is 6.62. The highest BCUT2D eigenvalue weighted by Crippen LogP contribution is 2.22. The highest BCUT2D eigenvalue weighted by atomic mass is 32.1. The minimum atomic E-state index is -0.0830. The molecule has 3 rings (SSSR count). The molecule has 2 aromatic heterocycles. The largest absolute Gasteiger partial charge is 0.330 e. The summed E-state index contributed by atoms with van der Waals surface area (Å²) in [7, 11) is 0. The van der Waals surface area contributed by atoms with Crippen molar-refractivity contribution >= 4 is 22.9 Å². The third-order valence-electron chi connectivity index (χ3n) is 4.59. The van der Waals surface area contributed by atoms with Gasteiger partial charge in [0.15, 0.2) is 0 Å². The Balaban J connectivity index is 1.71. The van der Waals surface area contributed by atoms with Gasteiger partial charge in [-0.05, 0) is 37.5 Å². The first-order valence-electron chi connectivity index (χ1n) is 9.85. The number of nitrogens with one attached hydrogen (secondary N) is 1. The molecule has 0 saturated carbocycles. The second-order valence-corrected chi connectivity index (χ2v) is 8.43. The van der Waals surface area contributed by atoms with Crippen molar-refractivity contribution in [2.45, 2.75) is 59.4 Å². The van der Waals surface area contributed by atoms with Gasteiger partial charge in [0.2, 0.25) is 0 Å². The van der Waals surface area contributed by atoms with Crippen molar-refractivity contribution in [1.29, 1.82) is 0 Å². The number of thiazole rings is 1. The molecule has 2 heterocycles. The van der Waals surface area contributed by atoms with Crippen LogP contribution in [0.1, 0.15) is 71.3 Å². The van der Waals surface area contributed by atoms with Gasteiger partial charge in [0, 0.05) is 30.5 Å². The first-order valence-corrected chi connectivity index (χ1v) is 10.7. The molecule has 1 aromatic carbocycles. The molecule has 0 aliphatic rings. The maximum absolute atomic E-state index is 12.7. The van der Waals surface area contributed by atoms with Crippen LogP contribution >= 0.6 is 11.3 Å². The predicted octanol–water partition coefficient (Wildman–Crippen LogP) is 5.41. The van der Waals surface area contributed by atoms with Gasteiger partial charge < -0.3 is 9.88 Å². The molecule has 6 heteroatoms. The van der Waals surface area contributed by atoms with E-state index in [4.69, 9.17) is 0 Å². The molecule has 5 nitrogen and oxygen atoms in total. The normalized spacial score (nSPS) is 11.2. The van der Waals surface area contributed by atoms with Crippen LogP contribution in [0.4, 0.5) is 5.69 Å². The monoisotopic (exact) mass is 396 g/mol. The van der Waals surface area contributed by atoms with E-state index in [0.717, 1.165) is 53.6 Å². The SMILES string of the molecule is CCCCc1nc(C)c(C(=O)Nc2cccc(Cn3ccnc3C(C)C)c2)s1. The Labute approximate surface area is 170 Å². The molecule has 1 amide bonds. The Morgan fingerprint density at radius 1 is 1.32 bits per heavy atom. The highest BCUT2D eigenvalue weighted by molar-refractivity contribution is 7.13. The predicted molar refractivity (Wildman–Crippen MR) is 115 cm³/mol. The van der Waals surface area contributed by atoms with Crippen LogP contribution in [-0.2, 0) is 13.0 Å². The van der Waals surface area contributed by atoms with Gasteiger partial charge in [-0.25, -0.2) is 9.97 Å². The minimum absolute atomic E-state index is 0.0830. The van der Waals surface area contributed by atoms with E-state index in [1.807, 2.05) is 37.5 Å². The van der Waals surface area contributed by atoms with E-state index in [1.165, 1.54) is 11.3 Å². The van der Waals surface area contributed by atoms with E-state index in [2.05, 4.69) is 46.7 Å². The number of nitrogens with zero attached hydrogens (tertiary/aromatic N) is 3. The summed E-state index contributed by atoms with van der Waals surface area (Å²) in [4.78, 5) is 22.4. The van der Waals surface area contributed by atoms with Gasteiger partial charge in [-0.1, -0.05) is 39.3 Å². The lowest BCUT2D eigenvalue weighted by atomic mass is 10.1. The van der Waals surface area contributed by atoms with Crippen molar-refractivity contribution < 1.29 is 4.79 Å². The molecule has 0 aliphatic heterocycles. The molecule has 0 spiro atoms. The van der Waals surface area contributed by atoms with Gasteiger partial charge in [0.25, 0.3) is 5.91 Å². The third kappa shape index (κ3) is 4.87. The lowest BCUT2D eigenvalue weighted by molar-refractivity contribution is 0.103. The summed E-state index contributed by atoms with van der Waals surface area (Å²) in [6.07, 6.45) is 7.00. The lowest BCUT2D eigenvalue weighted by Crippen LogP contribution is -2.12. The van der Waals surface area contributed by atoms with E-state index in [9.17, 15) is 4.79 Å². The molecule has 0 saturated heterocycles. The summed E-state index contributed by atoms with van der Waals surface area (Å²) >= 11 is 1.50. The fraction of sp³-hybridized carbons (Fsp3) is 0.409. The van der Waals surface area contributed by atoms with Gasteiger partial charge >= 0.3 is 0 Å². The smallest absolute Gasteiger partial charge is 0.267 e. The molecule has 3 aromatic rings. The third-order valence-corrected chi connectivity index (χ3v) is 5.81. The average molecular weight is 397 g/mol. The van der Waals surface area contributed by atoms with Gasteiger partial charge in [-0.15, -0.1) is 11.3 Å². The summed E-state index contributed by atoms with van der Waals surface area (Å²) in [5, 5.41) is 4.07. The number of aryl methyl sites for hydroxylation is 2. The fourth-order valence-electron chi connectivity index (χ4n) is 3.19. The number of carbonyl (C=O) groups is 1. The van der Waals surface area contributed by atoms with Crippen molar-refractivity contribution in [3.63, 3.8) is 0 Å². The first kappa shape index (κ1) is 20.3. The van der Waals surface area contributed by atoms with Crippen LogP contribution in [0.3, 0.4) is 0 Å². The van der Waals surface area contributed by atoms with Crippen LogP contribution in [0.15, 0.2) is 36.7 Å². The van der Waals surface area contributed by atoms with Crippen molar-refractivity contribution in [3.8, 4) is 0 Å². The number of rotatable bonds is 8. The van der Waals surface area contributed by atoms with E-state index in [1.54, 1.807) is 0 Å². The van der Waals surface area contributed by atoms with Crippen LogP contribution in [0, 0.1) is 6.92 Å². The molecule has 0 radical (unpaired) electrons. The Morgan fingerprint density at radius 3 is 2.89 bits per heavy atom. The highest BCUT2D eigenvalue weighted by Gasteiger charge is 2.15. The summed E-state index contributed by atoms with van der Waals surface area (Å²) in [6, 6.07) is 7.99. The molecule has 0 fully saturated rings. The minimum Gasteiger partial charge on any atom is -0.330 e. The molecule has 1 N–H and O–H groups in total. The van der Waals surface area contributed by atoms with Crippen molar-refractivity contribution in [3.05, 3.63) is 63.6 Å². The maximum Gasteiger partial charge on any atom is 0.267 e. The molecular formula is C22H28N4OS. The summed E-state index contributed by atoms with van der Waals surface area (Å²) in [5.41, 5.74) is 2.74. The Bertz CT molecular complexity index is 942. The summed E-state index contributed by atoms with van der Waals surface area (Å²) in [5.74, 6) is 1.35. The van der Waals surface area contributed by atoms with E-state index in [-0.39, 0.29) is 5.91 Å². The lowest BCUT2D eigenvalue weighted by Gasteiger charge is -2.11. The number of unbranched alkanes of at least 4 members (excludes halogenated alkanes) is 1. The second kappa shape index (κ2) is 9.15. The Morgan fingerprint density at radius 2 is 2.14 bits per heavy atom. The molecule has 0 atom stereocenters. The van der Waals surface area contributed by atoms with Crippen LogP contribution < -0.4 is 5.32 Å². The van der Waals surface area contributed by atoms with Crippen LogP contribution in [0.5, 0.6) is 0 Å². The number of benzene rings is 1. The second-order valence-electron chi connectivity index (χ2n) is 7.35. The van der Waals surface area contributed by atoms with Crippen molar-refractivity contribution in [1.82, 2.24) is 14.5 Å². The zero-order valence-electron chi connectivity index (χ0n) is 17.0. The molecule has 28 heavy (non-hydrogen) atoms. The maximum atomic E-state index is 12.7. The first-order chi connectivity index (χ1) is 13.5. The molecule has 0 unspecified atom stereocenters. The number of hydrogen-bond acceptors (Lipinski definition) is 4. The molecule has 0 bridgehead atoms. The number of carbonyl (C=O) groups excluding carboxylic acids is 1. The van der Waals surface area contributed by atoms with E-state index in [0.29, 0.717) is 10.8 Å². The van der Waals surface area contributed by atoms with Gasteiger partial charge in [0.05, 0.1) is 10.7 Å². The quantitative estimate of drug-likeness (QED) is 0.553. The topological polar surface area (TPSA) is 59.8 Å². The van der Waals surface area contributed by atoms with Gasteiger partial charge in [-0.2, -0.15) is 0 Å². The molecule has 0 aliphatic carbocycles. The average Bonchev–Trinajstić information content (AvgIpc) is 3.26. The zero-order valence-corrected chi connectivity index (χ0v) is 17.8. The summed E-state index contributed by atoms with van der Waals surface area (Å²) in [6.45, 7) is 9.08. The Hall–Kier alpha value is -2.47. The fourth-order valence-corrected chi connectivity index (χ4v) is 4.19. The van der Waals surface area contributed by atoms with Gasteiger partial charge in [-0.3, -0.25) is 4.79 Å². The number of amides is 1. The van der Waals surface area contributed by atoms with Crippen LogP contribution in [0.2, 0.25) is 0 Å². The van der Waals surface area contributed by atoms with Gasteiger partial charge in [0.1, 0.15) is 10.7 Å². The number of hydrogen-bond donors (Lipinski definition) is 1. The van der Waals surface area contributed by atoms with E-state index >= 15 is 0 Å². The van der Waals surface area contributed by atoms with Crippen molar-refractivity contribution in [2.75, 3.05) is 5.32 Å². The summed E-state index contributed by atoms with van der Waals surface area (Å²) < 4.78 is 2.15.